The van der Waals surface area contributed by atoms with Crippen molar-refractivity contribution in [2.45, 2.75) is 6.92 Å². The van der Waals surface area contributed by atoms with Crippen molar-refractivity contribution in [1.82, 2.24) is 0 Å². The number of hydrogen-bond acceptors (Lipinski definition) is 1. The molecule has 1 aromatic rings. The second-order valence-electron chi connectivity index (χ2n) is 2.43. The van der Waals surface area contributed by atoms with Gasteiger partial charge in [0.05, 0.1) is 0 Å². The first kappa shape index (κ1) is 12.5. The molecule has 0 heterocycles. The highest BCUT2D eigenvalue weighted by Crippen LogP contribution is 2.04. The number of rotatable bonds is 1. The Hall–Kier alpha value is -1.46. The second kappa shape index (κ2) is 6.07. The molecule has 2 nitrogen and oxygen atoms in total. The van der Waals surface area contributed by atoms with Crippen molar-refractivity contribution in [3.8, 4) is 0 Å². The molecular weight excluding hydrogens is 194 g/mol. The van der Waals surface area contributed by atoms with Gasteiger partial charge in [-0.15, -0.1) is 0 Å². The Morgan fingerprint density at radius 2 is 1.71 bits per heavy atom. The van der Waals surface area contributed by atoms with Crippen LogP contribution in [0.3, 0.4) is 0 Å². The first-order chi connectivity index (χ1) is 6.45. The van der Waals surface area contributed by atoms with Crippen LogP contribution in [-0.2, 0) is 0 Å². The summed E-state index contributed by atoms with van der Waals surface area (Å²) in [6, 6.07) is 7.26. The summed E-state index contributed by atoms with van der Waals surface area (Å²) < 4.78 is 29.0. The zero-order chi connectivity index (χ0) is 11.1. The van der Waals surface area contributed by atoms with Crippen LogP contribution in [-0.4, -0.2) is 13.5 Å². The summed E-state index contributed by atoms with van der Waals surface area (Å²) in [5.74, 6) is -0.363. The maximum Gasteiger partial charge on any atom is 0.762 e. The molecule has 14 heavy (non-hydrogen) atoms. The molecule has 0 fully saturated rings. The van der Waals surface area contributed by atoms with Gasteiger partial charge in [-0.2, -0.15) is 0 Å². The molecule has 0 unspecified atom stereocenters. The van der Waals surface area contributed by atoms with Crippen LogP contribution in [0, 0.1) is 6.92 Å². The van der Waals surface area contributed by atoms with Gasteiger partial charge < -0.3 is 5.73 Å². The molecule has 1 rings (SSSR count). The lowest BCUT2D eigenvalue weighted by Gasteiger charge is -1.97. The standard InChI is InChI=1S/C8H9NO.BF3/c1-6-4-2-3-5-7(6)8(9)10;2-1(3)4/h2-5H,1H3,(H2,9,10);. The molecule has 76 valence electrons. The Labute approximate surface area is 80.1 Å². The molecule has 6 heteroatoms. The number of carbonyl (C=O) groups is 1. The summed E-state index contributed by atoms with van der Waals surface area (Å²) >= 11 is 0. The lowest BCUT2D eigenvalue weighted by molar-refractivity contribution is 0.0999. The predicted molar refractivity (Wildman–Crippen MR) is 48.8 cm³/mol. The molecule has 0 aliphatic heterocycles. The van der Waals surface area contributed by atoms with Gasteiger partial charge in [0.1, 0.15) is 0 Å². The van der Waals surface area contributed by atoms with E-state index in [1.54, 1.807) is 12.1 Å². The van der Waals surface area contributed by atoms with Crippen molar-refractivity contribution in [2.75, 3.05) is 0 Å². The zero-order valence-corrected chi connectivity index (χ0v) is 7.51. The highest BCUT2D eigenvalue weighted by molar-refractivity contribution is 6.33. The average Bonchev–Trinajstić information content (AvgIpc) is 2.03. The molecule has 1 amide bonds. The summed E-state index contributed by atoms with van der Waals surface area (Å²) in [6.07, 6.45) is 0. The van der Waals surface area contributed by atoms with Crippen molar-refractivity contribution in [3.63, 3.8) is 0 Å². The minimum Gasteiger partial charge on any atom is -0.366 e. The van der Waals surface area contributed by atoms with E-state index in [0.717, 1.165) is 5.56 Å². The number of primary amides is 1. The first-order valence-electron chi connectivity index (χ1n) is 3.72. The minimum absolute atomic E-state index is 0.363. The normalized spacial score (nSPS) is 8.57. The smallest absolute Gasteiger partial charge is 0.366 e. The molecule has 0 saturated heterocycles. The molecule has 0 bridgehead atoms. The predicted octanol–water partition coefficient (Wildman–Crippen LogP) is 1.97. The Morgan fingerprint density at radius 1 is 1.29 bits per heavy atom. The van der Waals surface area contributed by atoms with Crippen LogP contribution in [0.1, 0.15) is 15.9 Å². The molecule has 2 N–H and O–H groups in total. The summed E-state index contributed by atoms with van der Waals surface area (Å²) in [4.78, 5) is 10.6. The highest BCUT2D eigenvalue weighted by atomic mass is 19.4. The van der Waals surface area contributed by atoms with Crippen LogP contribution in [0.5, 0.6) is 0 Å². The van der Waals surface area contributed by atoms with Crippen LogP contribution in [0.15, 0.2) is 24.3 Å². The summed E-state index contributed by atoms with van der Waals surface area (Å²) in [6.45, 7) is 1.86. The van der Waals surface area contributed by atoms with Gasteiger partial charge in [0.2, 0.25) is 5.91 Å². The Kier molecular flexibility index (Phi) is 5.44. The van der Waals surface area contributed by atoms with E-state index in [4.69, 9.17) is 5.73 Å². The lowest BCUT2D eigenvalue weighted by Crippen LogP contribution is -2.12. The minimum atomic E-state index is -3.67. The van der Waals surface area contributed by atoms with Crippen molar-refractivity contribution < 1.29 is 17.7 Å². The molecule has 0 aliphatic rings. The van der Waals surface area contributed by atoms with Gasteiger partial charge in [-0.25, -0.2) is 0 Å². The van der Waals surface area contributed by atoms with Crippen LogP contribution in [0.2, 0.25) is 0 Å². The van der Waals surface area contributed by atoms with Crippen LogP contribution in [0.4, 0.5) is 12.9 Å². The highest BCUT2D eigenvalue weighted by Gasteiger charge is 2.06. The topological polar surface area (TPSA) is 43.1 Å². The van der Waals surface area contributed by atoms with E-state index in [1.807, 2.05) is 19.1 Å². The molecule has 0 aliphatic carbocycles. The number of aryl methyl sites for hydroxylation is 1. The molecule has 0 radical (unpaired) electrons. The third kappa shape index (κ3) is 5.24. The van der Waals surface area contributed by atoms with Crippen LogP contribution < -0.4 is 5.73 Å². The van der Waals surface area contributed by atoms with Crippen molar-refractivity contribution in [1.29, 1.82) is 0 Å². The zero-order valence-electron chi connectivity index (χ0n) is 7.51. The van der Waals surface area contributed by atoms with E-state index < -0.39 is 7.54 Å². The lowest BCUT2D eigenvalue weighted by atomic mass is 10.1. The van der Waals surface area contributed by atoms with Crippen molar-refractivity contribution in [3.05, 3.63) is 35.4 Å². The number of nitrogens with two attached hydrogens (primary N) is 1. The first-order valence-corrected chi connectivity index (χ1v) is 3.72. The third-order valence-electron chi connectivity index (χ3n) is 1.41. The molecule has 0 saturated carbocycles. The Balaban J connectivity index is 0.000000364. The fourth-order valence-electron chi connectivity index (χ4n) is 0.849. The van der Waals surface area contributed by atoms with Crippen molar-refractivity contribution in [2.24, 2.45) is 5.73 Å². The number of benzene rings is 1. The second-order valence-corrected chi connectivity index (χ2v) is 2.43. The van der Waals surface area contributed by atoms with Gasteiger partial charge in [-0.05, 0) is 18.6 Å². The van der Waals surface area contributed by atoms with E-state index in [-0.39, 0.29) is 5.91 Å². The SMILES string of the molecule is Cc1ccccc1C(N)=O.FB(F)F. The number of amides is 1. The molecule has 0 aromatic heterocycles. The fraction of sp³-hybridized carbons (Fsp3) is 0.125. The monoisotopic (exact) mass is 203 g/mol. The largest absolute Gasteiger partial charge is 0.762 e. The van der Waals surface area contributed by atoms with E-state index >= 15 is 0 Å². The summed E-state index contributed by atoms with van der Waals surface area (Å²) in [5.41, 5.74) is 6.60. The number of halogens is 3. The van der Waals surface area contributed by atoms with Gasteiger partial charge in [0, 0.05) is 5.56 Å². The van der Waals surface area contributed by atoms with Gasteiger partial charge in [-0.3, -0.25) is 17.7 Å². The maximum absolute atomic E-state index is 10.6. The number of carbonyl (C=O) groups excluding carboxylic acids is 1. The molecule has 0 atom stereocenters. The van der Waals surface area contributed by atoms with Crippen LogP contribution >= 0.6 is 0 Å². The maximum atomic E-state index is 10.6. The third-order valence-corrected chi connectivity index (χ3v) is 1.41. The fourth-order valence-corrected chi connectivity index (χ4v) is 0.849. The van der Waals surface area contributed by atoms with Gasteiger partial charge in [0.15, 0.2) is 0 Å². The van der Waals surface area contributed by atoms with E-state index in [2.05, 4.69) is 0 Å². The summed E-state index contributed by atoms with van der Waals surface area (Å²) in [7, 11) is -3.67. The quantitative estimate of drug-likeness (QED) is 0.696. The molecule has 1 aromatic carbocycles. The van der Waals surface area contributed by atoms with Gasteiger partial charge in [0.25, 0.3) is 0 Å². The van der Waals surface area contributed by atoms with Crippen molar-refractivity contribution >= 4 is 13.5 Å². The van der Waals surface area contributed by atoms with E-state index in [9.17, 15) is 17.7 Å². The molecular formula is C8H9BF3NO. The van der Waals surface area contributed by atoms with Gasteiger partial charge in [-0.1, -0.05) is 18.2 Å². The van der Waals surface area contributed by atoms with Crippen LogP contribution in [0.25, 0.3) is 0 Å². The van der Waals surface area contributed by atoms with Gasteiger partial charge >= 0.3 is 7.54 Å². The Bertz CT molecular complexity index is 304. The number of hydrogen-bond donors (Lipinski definition) is 1. The Morgan fingerprint density at radius 3 is 2.00 bits per heavy atom. The molecule has 0 spiro atoms. The van der Waals surface area contributed by atoms with E-state index in [0.29, 0.717) is 5.56 Å². The van der Waals surface area contributed by atoms with E-state index in [1.165, 1.54) is 0 Å². The average molecular weight is 203 g/mol. The summed E-state index contributed by atoms with van der Waals surface area (Å²) in [5, 5.41) is 0.